The molecule has 2 aromatic rings. The van der Waals surface area contributed by atoms with Crippen molar-refractivity contribution < 1.29 is 14.3 Å². The quantitative estimate of drug-likeness (QED) is 0.669. The van der Waals surface area contributed by atoms with Gasteiger partial charge in [-0.2, -0.15) is 0 Å². The van der Waals surface area contributed by atoms with Gasteiger partial charge in [0, 0.05) is 56.1 Å². The summed E-state index contributed by atoms with van der Waals surface area (Å²) in [5.41, 5.74) is 5.88. The van der Waals surface area contributed by atoms with Gasteiger partial charge in [0.05, 0.1) is 19.4 Å². The molecule has 1 aromatic carbocycles. The average molecular weight is 516 g/mol. The molecule has 1 saturated heterocycles. The van der Waals surface area contributed by atoms with E-state index in [0.717, 1.165) is 79.4 Å². The van der Waals surface area contributed by atoms with Crippen LogP contribution in [-0.2, 0) is 6.42 Å². The number of urea groups is 1. The third-order valence-electron chi connectivity index (χ3n) is 8.05. The number of carbonyl (C=O) groups excluding carboxylic acids is 2. The van der Waals surface area contributed by atoms with Crippen LogP contribution in [0.2, 0.25) is 0 Å². The van der Waals surface area contributed by atoms with E-state index in [1.807, 2.05) is 34.9 Å². The normalized spacial score (nSPS) is 20.0. The lowest BCUT2D eigenvalue weighted by Crippen LogP contribution is -2.49. The van der Waals surface area contributed by atoms with Crippen molar-refractivity contribution in [3.63, 3.8) is 0 Å². The molecule has 38 heavy (non-hydrogen) atoms. The number of piperidine rings is 1. The Hall–Kier alpha value is -3.95. The summed E-state index contributed by atoms with van der Waals surface area (Å²) in [6.45, 7) is 5.46. The average Bonchev–Trinajstić information content (AvgIpc) is 3.24. The molecule has 0 radical (unpaired) electrons. The molecule has 1 N–H and O–H groups in total. The lowest BCUT2D eigenvalue weighted by atomic mass is 10.0. The Bertz CT molecular complexity index is 1330. The zero-order valence-electron chi connectivity index (χ0n) is 21.9. The van der Waals surface area contributed by atoms with E-state index in [-0.39, 0.29) is 18.0 Å². The van der Waals surface area contributed by atoms with Gasteiger partial charge in [-0.25, -0.2) is 14.8 Å². The van der Waals surface area contributed by atoms with Gasteiger partial charge in [0.25, 0.3) is 5.91 Å². The molecule has 4 aliphatic heterocycles. The first-order valence-electron chi connectivity index (χ1n) is 13.3. The number of anilines is 2. The van der Waals surface area contributed by atoms with Gasteiger partial charge in [0.2, 0.25) is 0 Å². The number of aromatic nitrogens is 2. The van der Waals surface area contributed by atoms with Crippen LogP contribution in [0, 0.1) is 0 Å². The lowest BCUT2D eigenvalue weighted by molar-refractivity contribution is 0.0757. The molecule has 6 rings (SSSR count). The van der Waals surface area contributed by atoms with Crippen LogP contribution in [0.3, 0.4) is 0 Å². The first-order valence-corrected chi connectivity index (χ1v) is 13.3. The van der Waals surface area contributed by atoms with Gasteiger partial charge in [-0.05, 0) is 61.9 Å². The SMILES string of the molecule is COc1ccc2c(c1)CCN(C1CCN(c3cc(C(=O)N4CCC5=C(C4)N=C(C)C5)ncn3)CC1)C(=O)N2. The van der Waals surface area contributed by atoms with E-state index in [1.54, 1.807) is 13.2 Å². The minimum Gasteiger partial charge on any atom is -0.497 e. The number of hydrogen-bond donors (Lipinski definition) is 1. The summed E-state index contributed by atoms with van der Waals surface area (Å²) < 4.78 is 5.35. The van der Waals surface area contributed by atoms with E-state index < -0.39 is 0 Å². The highest BCUT2D eigenvalue weighted by atomic mass is 16.5. The summed E-state index contributed by atoms with van der Waals surface area (Å²) in [5.74, 6) is 1.48. The minimum absolute atomic E-state index is 0.0520. The van der Waals surface area contributed by atoms with Crippen molar-refractivity contribution in [1.82, 2.24) is 19.8 Å². The number of hydrogen-bond acceptors (Lipinski definition) is 7. The summed E-state index contributed by atoms with van der Waals surface area (Å²) in [6, 6.07) is 7.68. The van der Waals surface area contributed by atoms with Crippen molar-refractivity contribution in [2.75, 3.05) is 50.1 Å². The Morgan fingerprint density at radius 1 is 1.08 bits per heavy atom. The maximum atomic E-state index is 13.3. The number of fused-ring (bicyclic) bond motifs is 1. The summed E-state index contributed by atoms with van der Waals surface area (Å²) in [4.78, 5) is 45.7. The summed E-state index contributed by atoms with van der Waals surface area (Å²) in [6.07, 6.45) is 5.74. The highest BCUT2D eigenvalue weighted by Gasteiger charge is 2.31. The molecule has 1 aromatic heterocycles. The number of carbonyl (C=O) groups is 2. The van der Waals surface area contributed by atoms with Gasteiger partial charge in [-0.1, -0.05) is 0 Å². The topological polar surface area (TPSA) is 103 Å². The number of benzene rings is 1. The Morgan fingerprint density at radius 3 is 2.74 bits per heavy atom. The van der Waals surface area contributed by atoms with Crippen LogP contribution in [0.5, 0.6) is 5.75 Å². The van der Waals surface area contributed by atoms with Gasteiger partial charge < -0.3 is 24.8 Å². The van der Waals surface area contributed by atoms with E-state index in [1.165, 1.54) is 11.9 Å². The number of nitrogens with one attached hydrogen (secondary N) is 1. The van der Waals surface area contributed by atoms with Gasteiger partial charge in [-0.3, -0.25) is 9.79 Å². The zero-order chi connectivity index (χ0) is 26.2. The second-order valence-electron chi connectivity index (χ2n) is 10.4. The molecule has 10 nitrogen and oxygen atoms in total. The van der Waals surface area contributed by atoms with Crippen molar-refractivity contribution in [2.45, 2.75) is 45.1 Å². The first-order chi connectivity index (χ1) is 18.5. The Morgan fingerprint density at radius 2 is 1.92 bits per heavy atom. The van der Waals surface area contributed by atoms with Gasteiger partial charge >= 0.3 is 6.03 Å². The Kier molecular flexibility index (Phi) is 6.47. The number of ether oxygens (including phenoxy) is 1. The van der Waals surface area contributed by atoms with Crippen LogP contribution in [0.25, 0.3) is 0 Å². The predicted molar refractivity (Wildman–Crippen MR) is 145 cm³/mol. The third-order valence-corrected chi connectivity index (χ3v) is 8.05. The summed E-state index contributed by atoms with van der Waals surface area (Å²) in [7, 11) is 1.65. The Labute approximate surface area is 222 Å². The maximum Gasteiger partial charge on any atom is 0.322 e. The highest BCUT2D eigenvalue weighted by molar-refractivity contribution is 5.94. The van der Waals surface area contributed by atoms with E-state index in [0.29, 0.717) is 25.3 Å². The molecule has 0 aliphatic carbocycles. The molecule has 3 amide bonds. The minimum atomic E-state index is -0.0766. The van der Waals surface area contributed by atoms with Gasteiger partial charge in [-0.15, -0.1) is 0 Å². The number of methoxy groups -OCH3 is 1. The second kappa shape index (κ2) is 10.1. The van der Waals surface area contributed by atoms with E-state index >= 15 is 0 Å². The highest BCUT2D eigenvalue weighted by Crippen LogP contribution is 2.30. The molecule has 4 aliphatic rings. The molecular weight excluding hydrogens is 482 g/mol. The van der Waals surface area contributed by atoms with E-state index in [9.17, 15) is 9.59 Å². The van der Waals surface area contributed by atoms with Crippen LogP contribution < -0.4 is 15.0 Å². The van der Waals surface area contributed by atoms with Crippen molar-refractivity contribution >= 4 is 29.2 Å². The third kappa shape index (κ3) is 4.70. The van der Waals surface area contributed by atoms with Gasteiger partial charge in [0.15, 0.2) is 0 Å². The molecular formula is C28H33N7O3. The predicted octanol–water partition coefficient (Wildman–Crippen LogP) is 3.51. The van der Waals surface area contributed by atoms with Crippen molar-refractivity contribution in [2.24, 2.45) is 4.99 Å². The van der Waals surface area contributed by atoms with Crippen LogP contribution in [0.15, 0.2) is 46.9 Å². The smallest absolute Gasteiger partial charge is 0.322 e. The molecule has 198 valence electrons. The monoisotopic (exact) mass is 515 g/mol. The standard InChI is InChI=1S/C28H33N7O3/c1-18-13-19-5-9-34(16-25(19)31-18)27(36)24-15-26(30-17-29-24)33-10-7-21(8-11-33)35-12-6-20-14-22(38-2)3-4-23(20)32-28(35)37/h3-4,14-15,17,21H,5-13,16H2,1-2H3,(H,32,37). The maximum absolute atomic E-state index is 13.3. The summed E-state index contributed by atoms with van der Waals surface area (Å²) in [5, 5.41) is 3.08. The van der Waals surface area contributed by atoms with Crippen molar-refractivity contribution in [1.29, 1.82) is 0 Å². The van der Waals surface area contributed by atoms with Crippen LogP contribution >= 0.6 is 0 Å². The second-order valence-corrected chi connectivity index (χ2v) is 10.4. The number of rotatable bonds is 4. The lowest BCUT2D eigenvalue weighted by Gasteiger charge is -2.38. The molecule has 0 unspecified atom stereocenters. The first kappa shape index (κ1) is 24.4. The molecule has 0 saturated carbocycles. The van der Waals surface area contributed by atoms with Crippen molar-refractivity contribution in [3.05, 3.63) is 53.1 Å². The van der Waals surface area contributed by atoms with Crippen LogP contribution in [0.4, 0.5) is 16.3 Å². The van der Waals surface area contributed by atoms with Crippen molar-refractivity contribution in [3.8, 4) is 5.75 Å². The number of amides is 3. The number of nitrogens with zero attached hydrogens (tertiary/aromatic N) is 6. The zero-order valence-corrected chi connectivity index (χ0v) is 21.9. The number of aliphatic imine (C=N–C) groups is 1. The van der Waals surface area contributed by atoms with Crippen LogP contribution in [-0.4, -0.2) is 83.3 Å². The Balaban J connectivity index is 1.08. The fourth-order valence-electron chi connectivity index (χ4n) is 5.95. The summed E-state index contributed by atoms with van der Waals surface area (Å²) >= 11 is 0. The van der Waals surface area contributed by atoms with Gasteiger partial charge in [0.1, 0.15) is 23.6 Å². The molecule has 0 spiro atoms. The molecule has 0 atom stereocenters. The van der Waals surface area contributed by atoms with E-state index in [4.69, 9.17) is 4.74 Å². The molecule has 1 fully saturated rings. The fraction of sp³-hybridized carbons (Fsp3) is 0.464. The fourth-order valence-corrected chi connectivity index (χ4v) is 5.95. The van der Waals surface area contributed by atoms with E-state index in [2.05, 4.69) is 25.2 Å². The molecule has 5 heterocycles. The molecule has 10 heteroatoms. The molecule has 0 bridgehead atoms. The van der Waals surface area contributed by atoms with Crippen LogP contribution in [0.1, 0.15) is 48.7 Å². The largest absolute Gasteiger partial charge is 0.497 e.